The van der Waals surface area contributed by atoms with Crippen molar-refractivity contribution >= 4 is 24.0 Å². The Morgan fingerprint density at radius 3 is 3.10 bits per heavy atom. The number of ether oxygens (including phenoxy) is 2. The monoisotopic (exact) mass is 318 g/mol. The first-order valence-electron chi connectivity index (χ1n) is 6.65. The van der Waals surface area contributed by atoms with Crippen LogP contribution < -0.4 is 15.4 Å². The molecule has 118 valence electrons. The van der Waals surface area contributed by atoms with E-state index in [1.54, 1.807) is 24.3 Å². The maximum atomic E-state index is 12.1. The third kappa shape index (κ3) is 5.15. The summed E-state index contributed by atoms with van der Waals surface area (Å²) < 4.78 is 22.7. The summed E-state index contributed by atoms with van der Waals surface area (Å²) in [6, 6.07) is 6.52. The maximum absolute atomic E-state index is 12.1. The highest BCUT2D eigenvalue weighted by atomic mass is 35.5. The number of morpholine rings is 1. The van der Waals surface area contributed by atoms with E-state index in [4.69, 9.17) is 9.47 Å². The average Bonchev–Trinajstić information content (AvgIpc) is 2.46. The molecule has 1 heterocycles. The highest BCUT2D eigenvalue weighted by Crippen LogP contribution is 2.18. The number of anilines is 1. The number of halogens is 2. The van der Waals surface area contributed by atoms with Crippen LogP contribution in [0.4, 0.5) is 10.1 Å². The Bertz CT molecular complexity index is 462. The summed E-state index contributed by atoms with van der Waals surface area (Å²) in [6.45, 7) is 2.58. The predicted molar refractivity (Wildman–Crippen MR) is 81.0 cm³/mol. The maximum Gasteiger partial charge on any atom is 0.244 e. The molecule has 1 amide bonds. The molecular formula is C14H20ClFN2O3. The lowest BCUT2D eigenvalue weighted by Crippen LogP contribution is -2.53. The van der Waals surface area contributed by atoms with Gasteiger partial charge in [0.15, 0.2) is 0 Å². The molecule has 1 fully saturated rings. The van der Waals surface area contributed by atoms with Gasteiger partial charge in [-0.2, -0.15) is 0 Å². The number of rotatable bonds is 5. The second-order valence-electron chi connectivity index (χ2n) is 4.56. The van der Waals surface area contributed by atoms with Crippen LogP contribution in [0.3, 0.4) is 0 Å². The molecule has 1 aliphatic heterocycles. The Hall–Kier alpha value is -1.37. The van der Waals surface area contributed by atoms with Crippen molar-refractivity contribution in [1.82, 2.24) is 5.32 Å². The molecule has 0 saturated carbocycles. The first-order chi connectivity index (χ1) is 9.70. The lowest BCUT2D eigenvalue weighted by molar-refractivity contribution is -0.123. The van der Waals surface area contributed by atoms with E-state index in [0.717, 1.165) is 0 Å². The lowest BCUT2D eigenvalue weighted by atomic mass is 10.1. The number of alkyl halides is 1. The molecule has 0 aliphatic carbocycles. The van der Waals surface area contributed by atoms with Crippen LogP contribution in [0.5, 0.6) is 5.75 Å². The van der Waals surface area contributed by atoms with Crippen molar-refractivity contribution in [2.24, 2.45) is 0 Å². The molecule has 2 N–H and O–H groups in total. The Morgan fingerprint density at radius 2 is 2.38 bits per heavy atom. The van der Waals surface area contributed by atoms with Gasteiger partial charge in [0.1, 0.15) is 25.1 Å². The van der Waals surface area contributed by atoms with E-state index < -0.39 is 6.67 Å². The quantitative estimate of drug-likeness (QED) is 0.869. The van der Waals surface area contributed by atoms with E-state index in [-0.39, 0.29) is 37.1 Å². The first-order valence-corrected chi connectivity index (χ1v) is 6.65. The molecule has 0 spiro atoms. The highest BCUT2D eigenvalue weighted by Gasteiger charge is 2.28. The second kappa shape index (κ2) is 8.81. The van der Waals surface area contributed by atoms with Gasteiger partial charge in [-0.25, -0.2) is 4.39 Å². The molecule has 0 bridgehead atoms. The molecule has 1 aromatic rings. The zero-order chi connectivity index (χ0) is 14.4. The van der Waals surface area contributed by atoms with Crippen LogP contribution in [0.1, 0.15) is 6.92 Å². The Labute approximate surface area is 129 Å². The van der Waals surface area contributed by atoms with Gasteiger partial charge in [0, 0.05) is 18.3 Å². The highest BCUT2D eigenvalue weighted by molar-refractivity contribution is 5.95. The second-order valence-corrected chi connectivity index (χ2v) is 4.56. The summed E-state index contributed by atoms with van der Waals surface area (Å²) in [7, 11) is 0. The number of benzene rings is 1. The number of carbonyl (C=O) groups is 1. The fourth-order valence-corrected chi connectivity index (χ4v) is 2.07. The van der Waals surface area contributed by atoms with Gasteiger partial charge in [0.25, 0.3) is 0 Å². The van der Waals surface area contributed by atoms with Gasteiger partial charge in [-0.3, -0.25) is 4.79 Å². The number of hydrogen-bond acceptors (Lipinski definition) is 4. The van der Waals surface area contributed by atoms with Crippen LogP contribution in [0.2, 0.25) is 0 Å². The van der Waals surface area contributed by atoms with Gasteiger partial charge in [0.05, 0.1) is 12.7 Å². The summed E-state index contributed by atoms with van der Waals surface area (Å²) in [5.41, 5.74) is 0.617. The molecule has 1 saturated heterocycles. The van der Waals surface area contributed by atoms with Gasteiger partial charge >= 0.3 is 0 Å². The third-order valence-corrected chi connectivity index (χ3v) is 3.05. The minimum absolute atomic E-state index is 0. The van der Waals surface area contributed by atoms with Crippen molar-refractivity contribution < 1.29 is 18.7 Å². The van der Waals surface area contributed by atoms with E-state index in [2.05, 4.69) is 10.6 Å². The topological polar surface area (TPSA) is 59.6 Å². The molecule has 2 atom stereocenters. The van der Waals surface area contributed by atoms with Crippen molar-refractivity contribution in [2.45, 2.75) is 19.1 Å². The van der Waals surface area contributed by atoms with Crippen molar-refractivity contribution in [1.29, 1.82) is 0 Å². The number of amides is 1. The summed E-state index contributed by atoms with van der Waals surface area (Å²) in [6.07, 6.45) is -0.172. The van der Waals surface area contributed by atoms with Crippen LogP contribution in [0, 0.1) is 0 Å². The van der Waals surface area contributed by atoms with Gasteiger partial charge in [0.2, 0.25) is 5.91 Å². The van der Waals surface area contributed by atoms with Gasteiger partial charge in [-0.05, 0) is 19.1 Å². The molecule has 2 rings (SSSR count). The molecule has 7 heteroatoms. The minimum Gasteiger partial charge on any atom is -0.491 e. The smallest absolute Gasteiger partial charge is 0.244 e. The minimum atomic E-state index is -0.544. The van der Waals surface area contributed by atoms with Crippen molar-refractivity contribution in [3.8, 4) is 5.75 Å². The van der Waals surface area contributed by atoms with E-state index in [1.807, 2.05) is 6.92 Å². The SMILES string of the molecule is C[C@H]1OCCN[C@@H]1C(=O)Nc1cccc(OCCF)c1.Cl. The standard InChI is InChI=1S/C14H19FN2O3.ClH/c1-10-13(16-6-8-19-10)14(18)17-11-3-2-4-12(9-11)20-7-5-15;/h2-4,9-10,13,16H,5-8H2,1H3,(H,17,18);1H/t10-,13+;/m1./s1. The third-order valence-electron chi connectivity index (χ3n) is 3.05. The Balaban J connectivity index is 0.00000220. The molecule has 0 aromatic heterocycles. The Morgan fingerprint density at radius 1 is 1.57 bits per heavy atom. The van der Waals surface area contributed by atoms with E-state index in [9.17, 15) is 9.18 Å². The number of hydrogen-bond donors (Lipinski definition) is 2. The number of nitrogens with one attached hydrogen (secondary N) is 2. The van der Waals surface area contributed by atoms with Crippen LogP contribution in [0.15, 0.2) is 24.3 Å². The summed E-state index contributed by atoms with van der Waals surface area (Å²) in [5.74, 6) is 0.376. The molecular weight excluding hydrogens is 299 g/mol. The molecule has 1 aromatic carbocycles. The normalized spacial score (nSPS) is 21.2. The molecule has 5 nitrogen and oxygen atoms in total. The van der Waals surface area contributed by atoms with Crippen molar-refractivity contribution in [3.63, 3.8) is 0 Å². The van der Waals surface area contributed by atoms with Crippen LogP contribution in [-0.2, 0) is 9.53 Å². The van der Waals surface area contributed by atoms with Gasteiger partial charge in [-0.15, -0.1) is 12.4 Å². The molecule has 21 heavy (non-hydrogen) atoms. The summed E-state index contributed by atoms with van der Waals surface area (Å²) in [4.78, 5) is 12.1. The first kappa shape index (κ1) is 17.7. The largest absolute Gasteiger partial charge is 0.491 e. The summed E-state index contributed by atoms with van der Waals surface area (Å²) in [5, 5.41) is 5.92. The van der Waals surface area contributed by atoms with Crippen molar-refractivity contribution in [2.75, 3.05) is 31.7 Å². The predicted octanol–water partition coefficient (Wildman–Crippen LogP) is 1.77. The molecule has 0 radical (unpaired) electrons. The van der Waals surface area contributed by atoms with E-state index in [0.29, 0.717) is 24.6 Å². The summed E-state index contributed by atoms with van der Waals surface area (Å²) >= 11 is 0. The van der Waals surface area contributed by atoms with E-state index >= 15 is 0 Å². The van der Waals surface area contributed by atoms with Gasteiger partial charge < -0.3 is 20.1 Å². The van der Waals surface area contributed by atoms with Crippen LogP contribution in [0.25, 0.3) is 0 Å². The fourth-order valence-electron chi connectivity index (χ4n) is 2.07. The Kier molecular flexibility index (Phi) is 7.42. The average molecular weight is 319 g/mol. The zero-order valence-electron chi connectivity index (χ0n) is 11.8. The van der Waals surface area contributed by atoms with Gasteiger partial charge in [-0.1, -0.05) is 6.07 Å². The zero-order valence-corrected chi connectivity index (χ0v) is 12.6. The van der Waals surface area contributed by atoms with Crippen LogP contribution >= 0.6 is 12.4 Å². The van der Waals surface area contributed by atoms with Crippen molar-refractivity contribution in [3.05, 3.63) is 24.3 Å². The molecule has 1 aliphatic rings. The van der Waals surface area contributed by atoms with E-state index in [1.165, 1.54) is 0 Å². The molecule has 0 unspecified atom stereocenters. The fraction of sp³-hybridized carbons (Fsp3) is 0.500. The number of carbonyl (C=O) groups excluding carboxylic acids is 1. The lowest BCUT2D eigenvalue weighted by Gasteiger charge is -2.29. The van der Waals surface area contributed by atoms with Crippen LogP contribution in [-0.4, -0.2) is 44.5 Å².